The van der Waals surface area contributed by atoms with Crippen molar-refractivity contribution in [3.63, 3.8) is 0 Å². The van der Waals surface area contributed by atoms with Crippen molar-refractivity contribution in [2.75, 3.05) is 26.2 Å². The number of imidazole rings is 1. The van der Waals surface area contributed by atoms with Crippen molar-refractivity contribution in [3.8, 4) is 0 Å². The summed E-state index contributed by atoms with van der Waals surface area (Å²) < 4.78 is 15.2. The number of hydrogen-bond donors (Lipinski definition) is 0. The lowest BCUT2D eigenvalue weighted by molar-refractivity contribution is 0.0621. The maximum absolute atomic E-state index is 13.3. The Balaban J connectivity index is 1.42. The maximum Gasteiger partial charge on any atom is 0.272 e. The second kappa shape index (κ2) is 6.57. The van der Waals surface area contributed by atoms with Crippen LogP contribution < -0.4 is 0 Å². The number of aryl methyl sites for hydroxylation is 1. The highest BCUT2D eigenvalue weighted by Gasteiger charge is 2.26. The Labute approximate surface area is 149 Å². The van der Waals surface area contributed by atoms with E-state index < -0.39 is 0 Å². The third-order valence-electron chi connectivity index (χ3n) is 4.59. The van der Waals surface area contributed by atoms with Crippen molar-refractivity contribution in [1.82, 2.24) is 19.2 Å². The van der Waals surface area contributed by atoms with Crippen molar-refractivity contribution in [2.24, 2.45) is 0 Å². The van der Waals surface area contributed by atoms with E-state index in [0.717, 1.165) is 29.3 Å². The molecule has 7 heteroatoms. The Bertz CT molecular complexity index is 911. The normalized spacial score (nSPS) is 15.8. The Morgan fingerprint density at radius 3 is 2.84 bits per heavy atom. The standard InChI is InChI=1S/C18H19FN4OS/c1-13-16(23-9-10-25-18(23)20-13)17(24)22-7-5-21(6-8-22)12-14-3-2-4-15(19)11-14/h2-4,9-11H,5-8,12H2,1H3. The molecule has 130 valence electrons. The first-order valence-electron chi connectivity index (χ1n) is 8.30. The zero-order valence-corrected chi connectivity index (χ0v) is 14.8. The predicted octanol–water partition coefficient (Wildman–Crippen LogP) is 2.80. The summed E-state index contributed by atoms with van der Waals surface area (Å²) >= 11 is 1.53. The predicted molar refractivity (Wildman–Crippen MR) is 95.4 cm³/mol. The van der Waals surface area contributed by atoms with E-state index in [-0.39, 0.29) is 11.7 Å². The molecular weight excluding hydrogens is 339 g/mol. The largest absolute Gasteiger partial charge is 0.335 e. The van der Waals surface area contributed by atoms with Crippen LogP contribution >= 0.6 is 11.3 Å². The molecule has 4 rings (SSSR count). The van der Waals surface area contributed by atoms with Gasteiger partial charge in [-0.2, -0.15) is 0 Å². The zero-order valence-electron chi connectivity index (χ0n) is 14.0. The molecule has 2 aromatic heterocycles. The summed E-state index contributed by atoms with van der Waals surface area (Å²) in [6.45, 7) is 5.50. The van der Waals surface area contributed by atoms with E-state index in [0.29, 0.717) is 25.3 Å². The molecule has 0 bridgehead atoms. The molecule has 0 radical (unpaired) electrons. The topological polar surface area (TPSA) is 40.9 Å². The van der Waals surface area contributed by atoms with Gasteiger partial charge in [0, 0.05) is 44.3 Å². The van der Waals surface area contributed by atoms with Crippen LogP contribution in [0.25, 0.3) is 4.96 Å². The molecule has 5 nitrogen and oxygen atoms in total. The molecule has 3 aromatic rings. The summed E-state index contributed by atoms with van der Waals surface area (Å²) in [6, 6.07) is 6.70. The van der Waals surface area contributed by atoms with Crippen molar-refractivity contribution in [3.05, 3.63) is 58.6 Å². The number of nitrogens with zero attached hydrogens (tertiary/aromatic N) is 4. The summed E-state index contributed by atoms with van der Waals surface area (Å²) in [6.07, 6.45) is 1.90. The van der Waals surface area contributed by atoms with Gasteiger partial charge in [0.2, 0.25) is 0 Å². The minimum Gasteiger partial charge on any atom is -0.335 e. The fourth-order valence-corrected chi connectivity index (χ4v) is 4.06. The van der Waals surface area contributed by atoms with Crippen LogP contribution in [-0.2, 0) is 6.54 Å². The molecule has 0 N–H and O–H groups in total. The van der Waals surface area contributed by atoms with Gasteiger partial charge in [-0.3, -0.25) is 14.1 Å². The number of piperazine rings is 1. The minimum absolute atomic E-state index is 0.0359. The molecular formula is C18H19FN4OS. The number of halogens is 1. The second-order valence-electron chi connectivity index (χ2n) is 6.30. The summed E-state index contributed by atoms with van der Waals surface area (Å²) in [4.78, 5) is 22.4. The minimum atomic E-state index is -0.206. The highest BCUT2D eigenvalue weighted by molar-refractivity contribution is 7.15. The van der Waals surface area contributed by atoms with E-state index in [9.17, 15) is 9.18 Å². The van der Waals surface area contributed by atoms with E-state index in [1.165, 1.54) is 17.4 Å². The summed E-state index contributed by atoms with van der Waals surface area (Å²) in [5, 5.41) is 1.94. The molecule has 25 heavy (non-hydrogen) atoms. The number of rotatable bonds is 3. The molecule has 0 atom stereocenters. The van der Waals surface area contributed by atoms with Gasteiger partial charge in [-0.05, 0) is 24.6 Å². The van der Waals surface area contributed by atoms with E-state index in [4.69, 9.17) is 0 Å². The number of fused-ring (bicyclic) bond motifs is 1. The molecule has 1 amide bonds. The van der Waals surface area contributed by atoms with E-state index in [1.54, 1.807) is 12.1 Å². The van der Waals surface area contributed by atoms with Gasteiger partial charge in [0.25, 0.3) is 5.91 Å². The van der Waals surface area contributed by atoms with Crippen molar-refractivity contribution >= 4 is 22.2 Å². The Morgan fingerprint density at radius 2 is 2.08 bits per heavy atom. The summed E-state index contributed by atoms with van der Waals surface area (Å²) in [5.74, 6) is -0.170. The number of thiazole rings is 1. The monoisotopic (exact) mass is 358 g/mol. The molecule has 1 saturated heterocycles. The molecule has 0 spiro atoms. The van der Waals surface area contributed by atoms with Crippen molar-refractivity contribution in [1.29, 1.82) is 0 Å². The lowest BCUT2D eigenvalue weighted by atomic mass is 10.2. The zero-order chi connectivity index (χ0) is 17.4. The van der Waals surface area contributed by atoms with Crippen LogP contribution in [0.2, 0.25) is 0 Å². The van der Waals surface area contributed by atoms with Gasteiger partial charge in [0.15, 0.2) is 4.96 Å². The van der Waals surface area contributed by atoms with Crippen molar-refractivity contribution in [2.45, 2.75) is 13.5 Å². The maximum atomic E-state index is 13.3. The number of carbonyl (C=O) groups excluding carboxylic acids is 1. The molecule has 0 saturated carbocycles. The molecule has 0 unspecified atom stereocenters. The average Bonchev–Trinajstić information content (AvgIpc) is 3.15. The highest BCUT2D eigenvalue weighted by Crippen LogP contribution is 2.19. The van der Waals surface area contributed by atoms with Crippen LogP contribution in [0.4, 0.5) is 4.39 Å². The number of hydrogen-bond acceptors (Lipinski definition) is 4. The van der Waals surface area contributed by atoms with Crippen LogP contribution in [0.15, 0.2) is 35.8 Å². The van der Waals surface area contributed by atoms with Crippen LogP contribution in [0.5, 0.6) is 0 Å². The summed E-state index contributed by atoms with van der Waals surface area (Å²) in [7, 11) is 0. The number of benzene rings is 1. The van der Waals surface area contributed by atoms with Gasteiger partial charge in [-0.1, -0.05) is 12.1 Å². The van der Waals surface area contributed by atoms with E-state index in [1.807, 2.05) is 33.9 Å². The van der Waals surface area contributed by atoms with E-state index >= 15 is 0 Å². The third kappa shape index (κ3) is 3.17. The SMILES string of the molecule is Cc1nc2sccn2c1C(=O)N1CCN(Cc2cccc(F)c2)CC1. The summed E-state index contributed by atoms with van der Waals surface area (Å²) in [5.41, 5.74) is 2.40. The first kappa shape index (κ1) is 16.2. The number of amides is 1. The smallest absolute Gasteiger partial charge is 0.272 e. The first-order valence-corrected chi connectivity index (χ1v) is 9.18. The second-order valence-corrected chi connectivity index (χ2v) is 7.17. The Hall–Kier alpha value is -2.25. The van der Waals surface area contributed by atoms with Gasteiger partial charge < -0.3 is 4.90 Å². The van der Waals surface area contributed by atoms with Crippen LogP contribution in [0.3, 0.4) is 0 Å². The molecule has 1 fully saturated rings. The van der Waals surface area contributed by atoms with E-state index in [2.05, 4.69) is 9.88 Å². The Kier molecular flexibility index (Phi) is 4.27. The molecule has 1 aliphatic heterocycles. The van der Waals surface area contributed by atoms with Crippen molar-refractivity contribution < 1.29 is 9.18 Å². The number of carbonyl (C=O) groups is 1. The number of aromatic nitrogens is 2. The van der Waals surface area contributed by atoms with Crippen LogP contribution in [0.1, 0.15) is 21.7 Å². The quantitative estimate of drug-likeness (QED) is 0.723. The molecule has 3 heterocycles. The van der Waals surface area contributed by atoms with Gasteiger partial charge in [0.1, 0.15) is 11.5 Å². The third-order valence-corrected chi connectivity index (χ3v) is 5.35. The lowest BCUT2D eigenvalue weighted by Crippen LogP contribution is -2.48. The van der Waals surface area contributed by atoms with Crippen LogP contribution in [0, 0.1) is 12.7 Å². The fourth-order valence-electron chi connectivity index (χ4n) is 3.30. The van der Waals surface area contributed by atoms with Gasteiger partial charge in [-0.25, -0.2) is 9.37 Å². The first-order chi connectivity index (χ1) is 12.1. The molecule has 1 aromatic carbocycles. The van der Waals surface area contributed by atoms with Crippen LogP contribution in [-0.4, -0.2) is 51.3 Å². The Morgan fingerprint density at radius 1 is 1.28 bits per heavy atom. The molecule has 1 aliphatic rings. The lowest BCUT2D eigenvalue weighted by Gasteiger charge is -2.34. The molecule has 0 aliphatic carbocycles. The van der Waals surface area contributed by atoms with Gasteiger partial charge in [0.05, 0.1) is 5.69 Å². The fraction of sp³-hybridized carbons (Fsp3) is 0.333. The van der Waals surface area contributed by atoms with Gasteiger partial charge >= 0.3 is 0 Å². The van der Waals surface area contributed by atoms with Gasteiger partial charge in [-0.15, -0.1) is 11.3 Å². The average molecular weight is 358 g/mol. The highest BCUT2D eigenvalue weighted by atomic mass is 32.1.